The quantitative estimate of drug-likeness (QED) is 0.900. The van der Waals surface area contributed by atoms with Crippen LogP contribution >= 0.6 is 0 Å². The molecule has 1 fully saturated rings. The molecule has 1 aromatic heterocycles. The van der Waals surface area contributed by atoms with Gasteiger partial charge in [-0.05, 0) is 18.2 Å². The molecule has 0 radical (unpaired) electrons. The van der Waals surface area contributed by atoms with Crippen molar-refractivity contribution in [3.8, 4) is 11.6 Å². The molecule has 6 nitrogen and oxygen atoms in total. The van der Waals surface area contributed by atoms with Gasteiger partial charge in [0.15, 0.2) is 0 Å². The van der Waals surface area contributed by atoms with Crippen LogP contribution in [0.15, 0.2) is 42.5 Å². The number of para-hydroxylation sites is 2. The smallest absolute Gasteiger partial charge is 0.433 e. The third-order valence-electron chi connectivity index (χ3n) is 3.79. The second-order valence-electron chi connectivity index (χ2n) is 5.63. The summed E-state index contributed by atoms with van der Waals surface area (Å²) in [5, 5.41) is 2.72. The number of anilines is 1. The van der Waals surface area contributed by atoms with E-state index in [1.807, 2.05) is 0 Å². The highest BCUT2D eigenvalue weighted by Crippen LogP contribution is 2.29. The van der Waals surface area contributed by atoms with Crippen LogP contribution in [-0.4, -0.2) is 42.2 Å². The highest BCUT2D eigenvalue weighted by atomic mass is 19.4. The second-order valence-corrected chi connectivity index (χ2v) is 5.63. The molecule has 138 valence electrons. The molecule has 3 rings (SSSR count). The second kappa shape index (κ2) is 7.11. The van der Waals surface area contributed by atoms with E-state index in [0.717, 1.165) is 6.07 Å². The molecule has 1 N–H and O–H groups in total. The van der Waals surface area contributed by atoms with Crippen LogP contribution in [0.25, 0.3) is 0 Å². The number of pyridine rings is 1. The number of carbonyl (C=O) groups excluding carboxylic acids is 1. The SMILES string of the molecule is COc1ccccc1NC(=O)N1CC(Oc2cccc(C(F)(F)F)n2)C1. The van der Waals surface area contributed by atoms with Crippen LogP contribution in [0.2, 0.25) is 0 Å². The van der Waals surface area contributed by atoms with Crippen LogP contribution in [0, 0.1) is 0 Å². The highest BCUT2D eigenvalue weighted by molar-refractivity contribution is 5.91. The van der Waals surface area contributed by atoms with Crippen molar-refractivity contribution in [2.24, 2.45) is 0 Å². The Morgan fingerprint density at radius 2 is 1.92 bits per heavy atom. The number of nitrogens with one attached hydrogen (secondary N) is 1. The van der Waals surface area contributed by atoms with Gasteiger partial charge in [-0.15, -0.1) is 0 Å². The number of alkyl halides is 3. The fourth-order valence-corrected chi connectivity index (χ4v) is 2.43. The molecule has 1 aliphatic heterocycles. The van der Waals surface area contributed by atoms with Crippen molar-refractivity contribution in [3.05, 3.63) is 48.2 Å². The Labute approximate surface area is 147 Å². The molecule has 2 amide bonds. The minimum absolute atomic E-state index is 0.116. The lowest BCUT2D eigenvalue weighted by Gasteiger charge is -2.38. The summed E-state index contributed by atoms with van der Waals surface area (Å²) in [5.41, 5.74) is -0.482. The first-order chi connectivity index (χ1) is 12.4. The summed E-state index contributed by atoms with van der Waals surface area (Å²) in [6.45, 7) is 0.498. The van der Waals surface area contributed by atoms with Crippen molar-refractivity contribution in [1.82, 2.24) is 9.88 Å². The van der Waals surface area contributed by atoms with Gasteiger partial charge in [-0.25, -0.2) is 9.78 Å². The van der Waals surface area contributed by atoms with E-state index in [0.29, 0.717) is 11.4 Å². The van der Waals surface area contributed by atoms with Crippen LogP contribution in [0.5, 0.6) is 11.6 Å². The van der Waals surface area contributed by atoms with E-state index in [1.165, 1.54) is 24.1 Å². The number of ether oxygens (including phenoxy) is 2. The van der Waals surface area contributed by atoms with Crippen molar-refractivity contribution < 1.29 is 27.4 Å². The maximum Gasteiger partial charge on any atom is 0.433 e. The Kier molecular flexibility index (Phi) is 4.88. The van der Waals surface area contributed by atoms with Gasteiger partial charge < -0.3 is 19.7 Å². The molecule has 1 aromatic carbocycles. The minimum Gasteiger partial charge on any atom is -0.495 e. The lowest BCUT2D eigenvalue weighted by atomic mass is 10.2. The lowest BCUT2D eigenvalue weighted by Crippen LogP contribution is -2.57. The third kappa shape index (κ3) is 3.98. The molecular weight excluding hydrogens is 351 g/mol. The molecule has 26 heavy (non-hydrogen) atoms. The first kappa shape index (κ1) is 17.8. The van der Waals surface area contributed by atoms with Crippen molar-refractivity contribution in [3.63, 3.8) is 0 Å². The van der Waals surface area contributed by atoms with Gasteiger partial charge in [0.2, 0.25) is 5.88 Å². The van der Waals surface area contributed by atoms with Gasteiger partial charge >= 0.3 is 12.2 Å². The minimum atomic E-state index is -4.53. The molecule has 1 saturated heterocycles. The Morgan fingerprint density at radius 3 is 2.62 bits per heavy atom. The summed E-state index contributed by atoms with van der Waals surface area (Å²) >= 11 is 0. The average molecular weight is 367 g/mol. The number of methoxy groups -OCH3 is 1. The number of nitrogens with zero attached hydrogens (tertiary/aromatic N) is 2. The highest BCUT2D eigenvalue weighted by Gasteiger charge is 2.35. The molecule has 0 bridgehead atoms. The van der Waals surface area contributed by atoms with Crippen LogP contribution in [-0.2, 0) is 6.18 Å². The number of amides is 2. The van der Waals surface area contributed by atoms with Crippen LogP contribution < -0.4 is 14.8 Å². The number of urea groups is 1. The predicted octanol–water partition coefficient (Wildman–Crippen LogP) is 3.40. The van der Waals surface area contributed by atoms with Crippen LogP contribution in [0.4, 0.5) is 23.7 Å². The van der Waals surface area contributed by atoms with Crippen molar-refractivity contribution in [2.45, 2.75) is 12.3 Å². The maximum atomic E-state index is 12.6. The van der Waals surface area contributed by atoms with Gasteiger partial charge in [0.1, 0.15) is 17.5 Å². The number of hydrogen-bond donors (Lipinski definition) is 1. The van der Waals surface area contributed by atoms with E-state index in [9.17, 15) is 18.0 Å². The first-order valence-corrected chi connectivity index (χ1v) is 7.76. The molecule has 2 heterocycles. The molecule has 0 unspecified atom stereocenters. The normalized spacial score (nSPS) is 14.5. The summed E-state index contributed by atoms with van der Waals surface area (Å²) in [4.78, 5) is 17.1. The monoisotopic (exact) mass is 367 g/mol. The van der Waals surface area contributed by atoms with Crippen LogP contribution in [0.1, 0.15) is 5.69 Å². The molecule has 0 aliphatic carbocycles. The summed E-state index contributed by atoms with van der Waals surface area (Å²) in [7, 11) is 1.50. The Bertz CT molecular complexity index is 792. The van der Waals surface area contributed by atoms with Gasteiger partial charge in [0.05, 0.1) is 25.9 Å². The summed E-state index contributed by atoms with van der Waals surface area (Å²) < 4.78 is 48.5. The molecule has 2 aromatic rings. The molecule has 0 spiro atoms. The van der Waals surface area contributed by atoms with E-state index >= 15 is 0 Å². The summed E-state index contributed by atoms with van der Waals surface area (Å²) in [5.74, 6) is 0.414. The molecule has 0 atom stereocenters. The van der Waals surface area contributed by atoms with Gasteiger partial charge in [0, 0.05) is 6.07 Å². The number of halogens is 3. The fourth-order valence-electron chi connectivity index (χ4n) is 2.43. The zero-order chi connectivity index (χ0) is 18.7. The number of carbonyl (C=O) groups is 1. The number of rotatable bonds is 4. The number of aromatic nitrogens is 1. The number of likely N-dealkylation sites (tertiary alicyclic amines) is 1. The zero-order valence-corrected chi connectivity index (χ0v) is 13.8. The van der Waals surface area contributed by atoms with Crippen molar-refractivity contribution >= 4 is 11.7 Å². The Hall–Kier alpha value is -2.97. The van der Waals surface area contributed by atoms with Crippen LogP contribution in [0.3, 0.4) is 0 Å². The molecular formula is C17H16F3N3O3. The van der Waals surface area contributed by atoms with E-state index in [1.54, 1.807) is 24.3 Å². The Balaban J connectivity index is 1.54. The average Bonchev–Trinajstić information content (AvgIpc) is 2.57. The topological polar surface area (TPSA) is 63.7 Å². The van der Waals surface area contributed by atoms with Gasteiger partial charge in [-0.3, -0.25) is 0 Å². The summed E-state index contributed by atoms with van der Waals surface area (Å²) in [6.07, 6.45) is -4.94. The van der Waals surface area contributed by atoms with Crippen molar-refractivity contribution in [2.75, 3.05) is 25.5 Å². The van der Waals surface area contributed by atoms with Gasteiger partial charge in [-0.2, -0.15) is 13.2 Å². The number of hydrogen-bond acceptors (Lipinski definition) is 4. The van der Waals surface area contributed by atoms with E-state index in [4.69, 9.17) is 9.47 Å². The number of benzene rings is 1. The van der Waals surface area contributed by atoms with E-state index in [-0.39, 0.29) is 25.0 Å². The van der Waals surface area contributed by atoms with Gasteiger partial charge in [-0.1, -0.05) is 18.2 Å². The fraction of sp³-hybridized carbons (Fsp3) is 0.294. The maximum absolute atomic E-state index is 12.6. The standard InChI is InChI=1S/C17H16F3N3O3/c1-25-13-6-3-2-5-12(13)21-16(24)23-9-11(10-23)26-15-8-4-7-14(22-15)17(18,19)20/h2-8,11H,9-10H2,1H3,(H,21,24). The predicted molar refractivity (Wildman–Crippen MR) is 87.2 cm³/mol. The van der Waals surface area contributed by atoms with Crippen molar-refractivity contribution in [1.29, 1.82) is 0 Å². The van der Waals surface area contributed by atoms with E-state index in [2.05, 4.69) is 10.3 Å². The molecule has 0 saturated carbocycles. The largest absolute Gasteiger partial charge is 0.495 e. The van der Waals surface area contributed by atoms with E-state index < -0.39 is 18.0 Å². The molecule has 9 heteroatoms. The summed E-state index contributed by atoms with van der Waals surface area (Å²) in [6, 6.07) is 10.1. The third-order valence-corrected chi connectivity index (χ3v) is 3.79. The lowest BCUT2D eigenvalue weighted by molar-refractivity contribution is -0.141. The Morgan fingerprint density at radius 1 is 1.19 bits per heavy atom. The zero-order valence-electron chi connectivity index (χ0n) is 13.8. The van der Waals surface area contributed by atoms with Gasteiger partial charge in [0.25, 0.3) is 0 Å². The molecule has 1 aliphatic rings. The first-order valence-electron chi connectivity index (χ1n) is 7.76.